The first-order valence-corrected chi connectivity index (χ1v) is 8.95. The van der Waals surface area contributed by atoms with E-state index in [2.05, 4.69) is 22.1 Å². The molecule has 1 aliphatic rings. The van der Waals surface area contributed by atoms with Crippen LogP contribution in [0.3, 0.4) is 0 Å². The maximum absolute atomic E-state index is 12.4. The Morgan fingerprint density at radius 2 is 2.23 bits per heavy atom. The highest BCUT2D eigenvalue weighted by molar-refractivity contribution is 5.76. The molecule has 2 heterocycles. The summed E-state index contributed by atoms with van der Waals surface area (Å²) in [4.78, 5) is 18.3. The average Bonchev–Trinajstić information content (AvgIpc) is 3.29. The summed E-state index contributed by atoms with van der Waals surface area (Å²) in [5.74, 6) is 1.82. The minimum Gasteiger partial charge on any atom is -0.493 e. The van der Waals surface area contributed by atoms with Crippen LogP contribution in [0.4, 0.5) is 0 Å². The van der Waals surface area contributed by atoms with E-state index < -0.39 is 0 Å². The van der Waals surface area contributed by atoms with Crippen LogP contribution in [0.15, 0.2) is 24.5 Å². The number of likely N-dealkylation sites (N-methyl/N-ethyl adjacent to an activating group) is 1. The van der Waals surface area contributed by atoms with Gasteiger partial charge in [0.1, 0.15) is 17.9 Å². The largest absolute Gasteiger partial charge is 0.493 e. The standard InChI is InChI=1S/C19H26N4O3/c1-13-4-5-15(10-14(13)2)25-9-7-18(24)23(3)11-17-16(6-8-26-17)19-20-12-21-22-19/h4-5,10,12,16-17H,6-9,11H2,1-3H3,(H,20,21,22)/t16-,17-/m1/s1. The molecule has 1 amide bonds. The third kappa shape index (κ3) is 4.40. The highest BCUT2D eigenvalue weighted by atomic mass is 16.5. The topological polar surface area (TPSA) is 80.3 Å². The molecule has 2 atom stereocenters. The summed E-state index contributed by atoms with van der Waals surface area (Å²) in [5, 5.41) is 6.82. The highest BCUT2D eigenvalue weighted by Crippen LogP contribution is 2.29. The Morgan fingerprint density at radius 3 is 2.96 bits per heavy atom. The number of carbonyl (C=O) groups excluding carboxylic acids is 1. The fourth-order valence-electron chi connectivity index (χ4n) is 3.16. The quantitative estimate of drug-likeness (QED) is 0.821. The van der Waals surface area contributed by atoms with E-state index in [9.17, 15) is 4.79 Å². The monoisotopic (exact) mass is 358 g/mol. The zero-order chi connectivity index (χ0) is 18.5. The average molecular weight is 358 g/mol. The van der Waals surface area contributed by atoms with Crippen molar-refractivity contribution in [1.82, 2.24) is 20.1 Å². The zero-order valence-electron chi connectivity index (χ0n) is 15.6. The minimum absolute atomic E-state index is 0.0423. The van der Waals surface area contributed by atoms with Crippen molar-refractivity contribution in [3.05, 3.63) is 41.5 Å². The van der Waals surface area contributed by atoms with E-state index in [0.29, 0.717) is 26.2 Å². The number of hydrogen-bond donors (Lipinski definition) is 1. The lowest BCUT2D eigenvalue weighted by Crippen LogP contribution is -2.37. The lowest BCUT2D eigenvalue weighted by Gasteiger charge is -2.24. The van der Waals surface area contributed by atoms with Gasteiger partial charge in [0, 0.05) is 26.1 Å². The molecule has 1 aromatic heterocycles. The smallest absolute Gasteiger partial charge is 0.225 e. The van der Waals surface area contributed by atoms with E-state index in [-0.39, 0.29) is 17.9 Å². The fraction of sp³-hybridized carbons (Fsp3) is 0.526. The molecule has 0 unspecified atom stereocenters. The van der Waals surface area contributed by atoms with Crippen LogP contribution in [0, 0.1) is 13.8 Å². The van der Waals surface area contributed by atoms with Crippen molar-refractivity contribution in [3.63, 3.8) is 0 Å². The van der Waals surface area contributed by atoms with Crippen molar-refractivity contribution in [2.75, 3.05) is 26.8 Å². The third-order valence-electron chi connectivity index (χ3n) is 4.94. The fourth-order valence-corrected chi connectivity index (χ4v) is 3.16. The molecule has 0 aliphatic carbocycles. The third-order valence-corrected chi connectivity index (χ3v) is 4.94. The molecule has 0 radical (unpaired) electrons. The SMILES string of the molecule is Cc1ccc(OCCC(=O)N(C)C[C@H]2OCC[C@H]2c2ncn[nH]2)cc1C. The van der Waals surface area contributed by atoms with Gasteiger partial charge in [-0.3, -0.25) is 9.89 Å². The number of nitrogens with zero attached hydrogens (tertiary/aromatic N) is 3. The van der Waals surface area contributed by atoms with Crippen LogP contribution in [0.1, 0.15) is 35.7 Å². The first-order valence-electron chi connectivity index (χ1n) is 8.95. The van der Waals surface area contributed by atoms with Crippen LogP contribution in [-0.4, -0.2) is 58.9 Å². The first-order chi connectivity index (χ1) is 12.5. The van der Waals surface area contributed by atoms with Gasteiger partial charge in [-0.05, 0) is 43.5 Å². The number of aryl methyl sites for hydroxylation is 2. The maximum atomic E-state index is 12.4. The van der Waals surface area contributed by atoms with Crippen LogP contribution in [0.25, 0.3) is 0 Å². The van der Waals surface area contributed by atoms with Gasteiger partial charge < -0.3 is 14.4 Å². The number of ether oxygens (including phenoxy) is 2. The van der Waals surface area contributed by atoms with Gasteiger partial charge in [-0.2, -0.15) is 5.10 Å². The Hall–Kier alpha value is -2.41. The summed E-state index contributed by atoms with van der Waals surface area (Å²) in [6, 6.07) is 5.96. The molecule has 3 rings (SSSR count). The van der Waals surface area contributed by atoms with Gasteiger partial charge >= 0.3 is 0 Å². The van der Waals surface area contributed by atoms with Crippen molar-refractivity contribution >= 4 is 5.91 Å². The molecule has 140 valence electrons. The number of nitrogens with one attached hydrogen (secondary N) is 1. The van der Waals surface area contributed by atoms with Gasteiger partial charge in [-0.15, -0.1) is 0 Å². The molecule has 1 aromatic carbocycles. The molecule has 0 spiro atoms. The van der Waals surface area contributed by atoms with Crippen molar-refractivity contribution < 1.29 is 14.3 Å². The summed E-state index contributed by atoms with van der Waals surface area (Å²) in [5.41, 5.74) is 2.41. The molecule has 1 N–H and O–H groups in total. The van der Waals surface area contributed by atoms with Crippen LogP contribution in [-0.2, 0) is 9.53 Å². The summed E-state index contributed by atoms with van der Waals surface area (Å²) in [6.45, 7) is 5.69. The van der Waals surface area contributed by atoms with Gasteiger partial charge in [-0.25, -0.2) is 4.98 Å². The highest BCUT2D eigenvalue weighted by Gasteiger charge is 2.33. The Bertz CT molecular complexity index is 732. The number of aromatic amines is 1. The predicted molar refractivity (Wildman–Crippen MR) is 97.1 cm³/mol. The molecular weight excluding hydrogens is 332 g/mol. The Kier molecular flexibility index (Phi) is 5.88. The second kappa shape index (κ2) is 8.31. The van der Waals surface area contributed by atoms with E-state index in [1.807, 2.05) is 25.1 Å². The van der Waals surface area contributed by atoms with E-state index >= 15 is 0 Å². The van der Waals surface area contributed by atoms with Crippen molar-refractivity contribution in [2.24, 2.45) is 0 Å². The van der Waals surface area contributed by atoms with E-state index in [1.54, 1.807) is 11.9 Å². The van der Waals surface area contributed by atoms with Gasteiger partial charge in [0.2, 0.25) is 5.91 Å². The summed E-state index contributed by atoms with van der Waals surface area (Å²) >= 11 is 0. The number of rotatable bonds is 7. The molecule has 1 saturated heterocycles. The molecule has 26 heavy (non-hydrogen) atoms. The second-order valence-electron chi connectivity index (χ2n) is 6.79. The van der Waals surface area contributed by atoms with Crippen LogP contribution >= 0.6 is 0 Å². The van der Waals surface area contributed by atoms with Crippen molar-refractivity contribution in [1.29, 1.82) is 0 Å². The number of H-pyrrole nitrogens is 1. The molecule has 1 aliphatic heterocycles. The summed E-state index contributed by atoms with van der Waals surface area (Å²) in [6.07, 6.45) is 2.67. The Morgan fingerprint density at radius 1 is 1.38 bits per heavy atom. The number of benzene rings is 1. The number of amides is 1. The first kappa shape index (κ1) is 18.4. The molecule has 0 bridgehead atoms. The lowest BCUT2D eigenvalue weighted by molar-refractivity contribution is -0.131. The predicted octanol–water partition coefficient (Wildman–Crippen LogP) is 2.22. The van der Waals surface area contributed by atoms with Crippen molar-refractivity contribution in [2.45, 2.75) is 38.7 Å². The Labute approximate surface area is 153 Å². The van der Waals surface area contributed by atoms with Gasteiger partial charge in [0.25, 0.3) is 0 Å². The maximum Gasteiger partial charge on any atom is 0.225 e. The van der Waals surface area contributed by atoms with Crippen molar-refractivity contribution in [3.8, 4) is 5.75 Å². The number of hydrogen-bond acceptors (Lipinski definition) is 5. The van der Waals surface area contributed by atoms with Gasteiger partial charge in [0.05, 0.1) is 19.1 Å². The minimum atomic E-state index is -0.0578. The lowest BCUT2D eigenvalue weighted by atomic mass is 10.0. The molecule has 7 nitrogen and oxygen atoms in total. The number of aromatic nitrogens is 3. The molecule has 0 saturated carbocycles. The normalized spacial score (nSPS) is 19.5. The summed E-state index contributed by atoms with van der Waals surface area (Å²) in [7, 11) is 1.80. The van der Waals surface area contributed by atoms with E-state index in [4.69, 9.17) is 9.47 Å². The van der Waals surface area contributed by atoms with Crippen LogP contribution in [0.2, 0.25) is 0 Å². The number of carbonyl (C=O) groups is 1. The van der Waals surface area contributed by atoms with E-state index in [0.717, 1.165) is 18.0 Å². The second-order valence-corrected chi connectivity index (χ2v) is 6.79. The molecule has 7 heteroatoms. The summed E-state index contributed by atoms with van der Waals surface area (Å²) < 4.78 is 11.5. The zero-order valence-corrected chi connectivity index (χ0v) is 15.6. The van der Waals surface area contributed by atoms with Gasteiger partial charge in [0.15, 0.2) is 0 Å². The molecular formula is C19H26N4O3. The molecule has 2 aromatic rings. The Balaban J connectivity index is 1.46. The van der Waals surface area contributed by atoms with E-state index in [1.165, 1.54) is 17.5 Å². The molecule has 1 fully saturated rings. The van der Waals surface area contributed by atoms with Crippen LogP contribution in [0.5, 0.6) is 5.75 Å². The van der Waals surface area contributed by atoms with Crippen LogP contribution < -0.4 is 4.74 Å². The van der Waals surface area contributed by atoms with Gasteiger partial charge in [-0.1, -0.05) is 6.07 Å².